The van der Waals surface area contributed by atoms with E-state index in [4.69, 9.17) is 5.73 Å². The summed E-state index contributed by atoms with van der Waals surface area (Å²) in [5.41, 5.74) is 5.82. The van der Waals surface area contributed by atoms with Crippen molar-refractivity contribution in [1.29, 1.82) is 0 Å². The fourth-order valence-electron chi connectivity index (χ4n) is 1.82. The van der Waals surface area contributed by atoms with Crippen LogP contribution in [0.3, 0.4) is 0 Å². The van der Waals surface area contributed by atoms with E-state index >= 15 is 0 Å². The summed E-state index contributed by atoms with van der Waals surface area (Å²) < 4.78 is 0. The summed E-state index contributed by atoms with van der Waals surface area (Å²) in [6, 6.07) is -0.455. The van der Waals surface area contributed by atoms with Gasteiger partial charge in [0.05, 0.1) is 6.04 Å². The monoisotopic (exact) mass is 307 g/mol. The second-order valence-electron chi connectivity index (χ2n) is 4.87. The summed E-state index contributed by atoms with van der Waals surface area (Å²) in [6.45, 7) is 9.90. The summed E-state index contributed by atoms with van der Waals surface area (Å²) >= 11 is 0. The van der Waals surface area contributed by atoms with Crippen LogP contribution in [0.15, 0.2) is 0 Å². The minimum absolute atomic E-state index is 0. The van der Waals surface area contributed by atoms with Crippen LogP contribution in [0.2, 0.25) is 0 Å². The molecule has 6 heteroatoms. The predicted molar refractivity (Wildman–Crippen MR) is 84.9 cm³/mol. The number of hydrogen-bond acceptors (Lipinski definition) is 3. The normalized spacial score (nSPS) is 13.1. The molecule has 0 aliphatic heterocycles. The van der Waals surface area contributed by atoms with Crippen LogP contribution in [0.5, 0.6) is 0 Å². The van der Waals surface area contributed by atoms with E-state index in [0.717, 1.165) is 19.5 Å². The van der Waals surface area contributed by atoms with Crippen LogP contribution in [-0.4, -0.2) is 42.4 Å². The molecule has 0 fully saturated rings. The highest BCUT2D eigenvalue weighted by Gasteiger charge is 2.18. The van der Waals surface area contributed by atoms with Gasteiger partial charge in [-0.1, -0.05) is 20.3 Å². The second kappa shape index (κ2) is 12.0. The maximum atomic E-state index is 11.7. The first-order valence-electron chi connectivity index (χ1n) is 7.28. The molecule has 120 valence electrons. The maximum absolute atomic E-state index is 11.7. The molecule has 2 atom stereocenters. The predicted octanol–water partition coefficient (Wildman–Crippen LogP) is 1.55. The van der Waals surface area contributed by atoms with E-state index in [2.05, 4.69) is 5.32 Å². The van der Waals surface area contributed by atoms with Gasteiger partial charge in [-0.25, -0.2) is 0 Å². The molecule has 2 unspecified atom stereocenters. The molecule has 5 nitrogen and oxygen atoms in total. The summed E-state index contributed by atoms with van der Waals surface area (Å²) in [4.78, 5) is 25.2. The van der Waals surface area contributed by atoms with Gasteiger partial charge in [-0.15, -0.1) is 12.4 Å². The Morgan fingerprint density at radius 2 is 1.75 bits per heavy atom. The Hall–Kier alpha value is -0.810. The zero-order chi connectivity index (χ0) is 14.8. The molecular weight excluding hydrogens is 278 g/mol. The van der Waals surface area contributed by atoms with Crippen LogP contribution in [0, 0.1) is 5.92 Å². The molecule has 20 heavy (non-hydrogen) atoms. The molecule has 2 amide bonds. The van der Waals surface area contributed by atoms with Crippen LogP contribution in [0.1, 0.15) is 47.0 Å². The highest BCUT2D eigenvalue weighted by Crippen LogP contribution is 2.05. The summed E-state index contributed by atoms with van der Waals surface area (Å²) in [5.74, 6) is 0.201. The lowest BCUT2D eigenvalue weighted by Crippen LogP contribution is -2.45. The number of hydrogen-bond donors (Lipinski definition) is 2. The Labute approximate surface area is 129 Å². The van der Waals surface area contributed by atoms with Gasteiger partial charge in [-0.2, -0.15) is 0 Å². The van der Waals surface area contributed by atoms with Gasteiger partial charge in [0.1, 0.15) is 0 Å². The van der Waals surface area contributed by atoms with Gasteiger partial charge in [-0.05, 0) is 26.2 Å². The Balaban J connectivity index is 0. The van der Waals surface area contributed by atoms with E-state index in [1.165, 1.54) is 0 Å². The highest BCUT2D eigenvalue weighted by atomic mass is 35.5. The van der Waals surface area contributed by atoms with Crippen molar-refractivity contribution in [2.45, 2.75) is 53.0 Å². The molecule has 0 rings (SSSR count). The van der Waals surface area contributed by atoms with Gasteiger partial charge in [-0.3, -0.25) is 9.59 Å². The van der Waals surface area contributed by atoms with Crippen molar-refractivity contribution < 1.29 is 9.59 Å². The van der Waals surface area contributed by atoms with Crippen molar-refractivity contribution in [3.63, 3.8) is 0 Å². The topological polar surface area (TPSA) is 75.4 Å². The van der Waals surface area contributed by atoms with Crippen molar-refractivity contribution in [3.05, 3.63) is 0 Å². The van der Waals surface area contributed by atoms with Crippen LogP contribution >= 0.6 is 12.4 Å². The van der Waals surface area contributed by atoms with Gasteiger partial charge in [0.25, 0.3) is 0 Å². The van der Waals surface area contributed by atoms with Gasteiger partial charge in [0.2, 0.25) is 11.8 Å². The first kappa shape index (κ1) is 21.5. The number of rotatable bonds is 9. The molecule has 3 N–H and O–H groups in total. The first-order chi connectivity index (χ1) is 8.97. The Kier molecular flexibility index (Phi) is 12.9. The second-order valence-corrected chi connectivity index (χ2v) is 4.87. The molecule has 0 aromatic carbocycles. The van der Waals surface area contributed by atoms with Gasteiger partial charge >= 0.3 is 0 Å². The van der Waals surface area contributed by atoms with E-state index < -0.39 is 6.04 Å². The summed E-state index contributed by atoms with van der Waals surface area (Å²) in [6.07, 6.45) is 2.02. The quantitative estimate of drug-likeness (QED) is 0.635. The van der Waals surface area contributed by atoms with E-state index in [1.54, 1.807) is 4.90 Å². The number of halogens is 1. The average molecular weight is 308 g/mol. The number of nitrogens with two attached hydrogens (primary N) is 1. The van der Waals surface area contributed by atoms with E-state index in [1.807, 2.05) is 27.7 Å². The van der Waals surface area contributed by atoms with Crippen molar-refractivity contribution in [3.8, 4) is 0 Å². The average Bonchev–Trinajstić information content (AvgIpc) is 2.42. The fourth-order valence-corrected chi connectivity index (χ4v) is 1.82. The van der Waals surface area contributed by atoms with Crippen molar-refractivity contribution in [2.24, 2.45) is 11.7 Å². The van der Waals surface area contributed by atoms with Crippen LogP contribution in [0.25, 0.3) is 0 Å². The molecule has 0 aliphatic rings. The van der Waals surface area contributed by atoms with Crippen LogP contribution in [-0.2, 0) is 9.59 Å². The fraction of sp³-hybridized carbons (Fsp3) is 0.857. The molecule has 0 radical (unpaired) electrons. The number of nitrogens with one attached hydrogen (secondary N) is 1. The molecule has 0 aromatic rings. The third-order valence-corrected chi connectivity index (χ3v) is 3.54. The lowest BCUT2D eigenvalue weighted by molar-refractivity contribution is -0.131. The van der Waals surface area contributed by atoms with Gasteiger partial charge in [0, 0.05) is 26.1 Å². The first-order valence-corrected chi connectivity index (χ1v) is 7.28. The minimum Gasteiger partial charge on any atom is -0.355 e. The number of amides is 2. The molecule has 0 bridgehead atoms. The summed E-state index contributed by atoms with van der Waals surface area (Å²) in [7, 11) is 0. The number of carbonyl (C=O) groups excluding carboxylic acids is 2. The Morgan fingerprint density at radius 1 is 1.20 bits per heavy atom. The third-order valence-electron chi connectivity index (χ3n) is 3.54. The van der Waals surface area contributed by atoms with E-state index in [9.17, 15) is 9.59 Å². The Bertz CT molecular complexity index is 284. The SMILES string of the molecule is CCC(C)C(N)C(=O)NCCCC(=O)N(CC)CC.Cl. The number of carbonyl (C=O) groups is 2. The minimum atomic E-state index is -0.455. The third kappa shape index (κ3) is 7.70. The molecule has 0 heterocycles. The van der Waals surface area contributed by atoms with Gasteiger partial charge in [0.15, 0.2) is 0 Å². The maximum Gasteiger partial charge on any atom is 0.237 e. The molecule has 0 aliphatic carbocycles. The standard InChI is InChI=1S/C14H29N3O2.ClH/c1-5-11(4)13(15)14(19)16-10-8-9-12(18)17(6-2)7-3;/h11,13H,5-10,15H2,1-4H3,(H,16,19);1H. The van der Waals surface area contributed by atoms with Gasteiger partial charge < -0.3 is 16.0 Å². The molecule has 0 saturated heterocycles. The lowest BCUT2D eigenvalue weighted by Gasteiger charge is -2.19. The van der Waals surface area contributed by atoms with E-state index in [0.29, 0.717) is 19.4 Å². The zero-order valence-electron chi connectivity index (χ0n) is 13.1. The van der Waals surface area contributed by atoms with Crippen LogP contribution < -0.4 is 11.1 Å². The van der Waals surface area contributed by atoms with Crippen molar-refractivity contribution in [1.82, 2.24) is 10.2 Å². The lowest BCUT2D eigenvalue weighted by atomic mass is 9.99. The smallest absolute Gasteiger partial charge is 0.237 e. The molecule has 0 spiro atoms. The van der Waals surface area contributed by atoms with Crippen molar-refractivity contribution >= 4 is 24.2 Å². The summed E-state index contributed by atoms with van der Waals surface area (Å²) in [5, 5.41) is 2.79. The largest absolute Gasteiger partial charge is 0.355 e. The molecule has 0 aromatic heterocycles. The number of nitrogens with zero attached hydrogens (tertiary/aromatic N) is 1. The molecule has 0 saturated carbocycles. The van der Waals surface area contributed by atoms with Crippen molar-refractivity contribution in [2.75, 3.05) is 19.6 Å². The zero-order valence-corrected chi connectivity index (χ0v) is 14.0. The molecular formula is C14H30ClN3O2. The van der Waals surface area contributed by atoms with E-state index in [-0.39, 0.29) is 30.1 Å². The highest BCUT2D eigenvalue weighted by molar-refractivity contribution is 5.85. The van der Waals surface area contributed by atoms with Crippen LogP contribution in [0.4, 0.5) is 0 Å². The Morgan fingerprint density at radius 3 is 2.20 bits per heavy atom.